The highest BCUT2D eigenvalue weighted by atomic mass is 35.5. The Labute approximate surface area is 117 Å². The lowest BCUT2D eigenvalue weighted by Crippen LogP contribution is -2.41. The third-order valence-electron chi connectivity index (χ3n) is 3.12. The topological polar surface area (TPSA) is 85.2 Å². The Kier molecular flexibility index (Phi) is 5.84. The second kappa shape index (κ2) is 6.92. The van der Waals surface area contributed by atoms with E-state index in [1.807, 2.05) is 6.20 Å². The van der Waals surface area contributed by atoms with E-state index in [0.29, 0.717) is 11.6 Å². The smallest absolute Gasteiger partial charge is 0.218 e. The Morgan fingerprint density at radius 1 is 1.56 bits per heavy atom. The minimum Gasteiger partial charge on any atom is -0.375 e. The van der Waals surface area contributed by atoms with Gasteiger partial charge in [0.05, 0.1) is 0 Å². The second-order valence-corrected chi connectivity index (χ2v) is 5.60. The van der Waals surface area contributed by atoms with Gasteiger partial charge in [-0.1, -0.05) is 6.42 Å². The number of halogens is 1. The number of carbonyl (C=O) groups excluding carboxylic acids is 1. The molecule has 0 bridgehead atoms. The number of nitrogens with zero attached hydrogens (tertiary/aromatic N) is 2. The molecule has 1 aromatic heterocycles. The summed E-state index contributed by atoms with van der Waals surface area (Å²) in [6, 6.07) is 0.282. The molecule has 0 aromatic carbocycles. The highest BCUT2D eigenvalue weighted by Gasteiger charge is 2.24. The zero-order valence-corrected chi connectivity index (χ0v) is 11.8. The number of hydrogen-bond acceptors (Lipinski definition) is 5. The molecule has 2 rings (SSSR count). The van der Waals surface area contributed by atoms with E-state index < -0.39 is 0 Å². The first-order valence-corrected chi connectivity index (χ1v) is 6.69. The van der Waals surface area contributed by atoms with Crippen LogP contribution >= 0.6 is 23.7 Å². The van der Waals surface area contributed by atoms with E-state index in [4.69, 9.17) is 11.5 Å². The van der Waals surface area contributed by atoms with Crippen molar-refractivity contribution in [3.05, 3.63) is 11.1 Å². The largest absolute Gasteiger partial charge is 0.375 e. The van der Waals surface area contributed by atoms with E-state index in [0.717, 1.165) is 24.4 Å². The van der Waals surface area contributed by atoms with Crippen molar-refractivity contribution in [2.45, 2.75) is 38.3 Å². The van der Waals surface area contributed by atoms with Crippen molar-refractivity contribution in [1.82, 2.24) is 9.88 Å². The number of rotatable bonds is 4. The molecular weight excluding hydrogens is 272 g/mol. The Balaban J connectivity index is 0.00000162. The molecule has 2 heterocycles. The third-order valence-corrected chi connectivity index (χ3v) is 3.93. The van der Waals surface area contributed by atoms with Crippen LogP contribution < -0.4 is 11.5 Å². The fourth-order valence-electron chi connectivity index (χ4n) is 2.33. The molecule has 1 aliphatic heterocycles. The molecule has 1 saturated heterocycles. The van der Waals surface area contributed by atoms with Crippen molar-refractivity contribution in [2.24, 2.45) is 5.73 Å². The van der Waals surface area contributed by atoms with Gasteiger partial charge in [0.2, 0.25) is 5.91 Å². The zero-order valence-electron chi connectivity index (χ0n) is 10.2. The van der Waals surface area contributed by atoms with Crippen LogP contribution in [0.2, 0.25) is 0 Å². The van der Waals surface area contributed by atoms with Crippen LogP contribution in [-0.2, 0) is 11.3 Å². The standard InChI is InChI=1S/C11H18N4OS.ClH/c12-10(16)5-8-3-1-2-4-15(8)7-9-6-14-11(13)17-9;/h6,8H,1-5,7H2,(H2,12,16)(H2,13,14);1H. The highest BCUT2D eigenvalue weighted by Crippen LogP contribution is 2.24. The summed E-state index contributed by atoms with van der Waals surface area (Å²) in [4.78, 5) is 18.6. The molecule has 5 nitrogen and oxygen atoms in total. The number of carbonyl (C=O) groups is 1. The van der Waals surface area contributed by atoms with Crippen LogP contribution in [0.3, 0.4) is 0 Å². The first kappa shape index (κ1) is 15.2. The number of hydrogen-bond donors (Lipinski definition) is 2. The van der Waals surface area contributed by atoms with Crippen LogP contribution in [-0.4, -0.2) is 28.4 Å². The predicted molar refractivity (Wildman–Crippen MR) is 75.6 cm³/mol. The number of aromatic nitrogens is 1. The maximum absolute atomic E-state index is 11.0. The van der Waals surface area contributed by atoms with E-state index in [1.54, 1.807) is 0 Å². The monoisotopic (exact) mass is 290 g/mol. The average molecular weight is 291 g/mol. The minimum absolute atomic E-state index is 0. The van der Waals surface area contributed by atoms with Crippen molar-refractivity contribution < 1.29 is 4.79 Å². The highest BCUT2D eigenvalue weighted by molar-refractivity contribution is 7.15. The first-order chi connectivity index (χ1) is 8.15. The SMILES string of the molecule is Cl.NC(=O)CC1CCCCN1Cc1cnc(N)s1. The summed E-state index contributed by atoms with van der Waals surface area (Å²) in [5, 5.41) is 0.600. The lowest BCUT2D eigenvalue weighted by atomic mass is 9.99. The summed E-state index contributed by atoms with van der Waals surface area (Å²) in [7, 11) is 0. The van der Waals surface area contributed by atoms with Crippen LogP contribution in [0, 0.1) is 0 Å². The van der Waals surface area contributed by atoms with E-state index in [1.165, 1.54) is 24.2 Å². The molecule has 1 fully saturated rings. The molecule has 102 valence electrons. The van der Waals surface area contributed by atoms with Gasteiger partial charge in [0, 0.05) is 30.1 Å². The third kappa shape index (κ3) is 4.12. The molecule has 0 aliphatic carbocycles. The maximum atomic E-state index is 11.0. The molecule has 4 N–H and O–H groups in total. The summed E-state index contributed by atoms with van der Waals surface area (Å²) < 4.78 is 0. The summed E-state index contributed by atoms with van der Waals surface area (Å²) in [5.41, 5.74) is 10.9. The molecular formula is C11H19ClN4OS. The molecule has 0 saturated carbocycles. The number of amides is 1. The molecule has 0 spiro atoms. The van der Waals surface area contributed by atoms with E-state index in [9.17, 15) is 4.79 Å². The minimum atomic E-state index is -0.217. The number of thiazole rings is 1. The summed E-state index contributed by atoms with van der Waals surface area (Å²) >= 11 is 1.51. The van der Waals surface area contributed by atoms with Crippen molar-refractivity contribution in [1.29, 1.82) is 0 Å². The fraction of sp³-hybridized carbons (Fsp3) is 0.636. The van der Waals surface area contributed by atoms with Gasteiger partial charge in [-0.3, -0.25) is 9.69 Å². The maximum Gasteiger partial charge on any atom is 0.218 e. The summed E-state index contributed by atoms with van der Waals surface area (Å²) in [6.45, 7) is 1.85. The fourth-order valence-corrected chi connectivity index (χ4v) is 3.04. The molecule has 1 aliphatic rings. The zero-order chi connectivity index (χ0) is 12.3. The van der Waals surface area contributed by atoms with E-state index in [2.05, 4.69) is 9.88 Å². The average Bonchev–Trinajstić information content (AvgIpc) is 2.66. The quantitative estimate of drug-likeness (QED) is 0.877. The van der Waals surface area contributed by atoms with E-state index >= 15 is 0 Å². The number of likely N-dealkylation sites (tertiary alicyclic amines) is 1. The van der Waals surface area contributed by atoms with Crippen molar-refractivity contribution in [3.8, 4) is 0 Å². The second-order valence-electron chi connectivity index (χ2n) is 4.46. The first-order valence-electron chi connectivity index (χ1n) is 5.87. The lowest BCUT2D eigenvalue weighted by molar-refractivity contribution is -0.119. The van der Waals surface area contributed by atoms with Crippen molar-refractivity contribution >= 4 is 34.8 Å². The van der Waals surface area contributed by atoms with Gasteiger partial charge in [-0.25, -0.2) is 4.98 Å². The van der Waals surface area contributed by atoms with Crippen LogP contribution in [0.4, 0.5) is 5.13 Å². The Hall–Kier alpha value is -0.850. The van der Waals surface area contributed by atoms with Gasteiger partial charge in [-0.05, 0) is 19.4 Å². The molecule has 1 atom stereocenters. The van der Waals surface area contributed by atoms with E-state index in [-0.39, 0.29) is 24.4 Å². The lowest BCUT2D eigenvalue weighted by Gasteiger charge is -2.34. The Bertz CT molecular complexity index is 398. The van der Waals surface area contributed by atoms with Gasteiger partial charge < -0.3 is 11.5 Å². The van der Waals surface area contributed by atoms with Crippen molar-refractivity contribution in [2.75, 3.05) is 12.3 Å². The molecule has 18 heavy (non-hydrogen) atoms. The summed E-state index contributed by atoms with van der Waals surface area (Å²) in [6.07, 6.45) is 5.68. The van der Waals surface area contributed by atoms with Crippen LogP contribution in [0.5, 0.6) is 0 Å². The Morgan fingerprint density at radius 2 is 2.33 bits per heavy atom. The number of piperidine rings is 1. The van der Waals surface area contributed by atoms with Gasteiger partial charge in [-0.15, -0.1) is 23.7 Å². The molecule has 1 unspecified atom stereocenters. The normalized spacial score (nSPS) is 20.3. The molecule has 1 aromatic rings. The van der Waals surface area contributed by atoms with Crippen LogP contribution in [0.15, 0.2) is 6.20 Å². The molecule has 7 heteroatoms. The van der Waals surface area contributed by atoms with Gasteiger partial charge in [0.15, 0.2) is 5.13 Å². The number of nitrogen functional groups attached to an aromatic ring is 1. The van der Waals surface area contributed by atoms with Crippen LogP contribution in [0.25, 0.3) is 0 Å². The number of anilines is 1. The number of primary amides is 1. The molecule has 0 radical (unpaired) electrons. The van der Waals surface area contributed by atoms with Gasteiger partial charge in [0.1, 0.15) is 0 Å². The van der Waals surface area contributed by atoms with Crippen molar-refractivity contribution in [3.63, 3.8) is 0 Å². The Morgan fingerprint density at radius 3 is 2.94 bits per heavy atom. The molecule has 1 amide bonds. The predicted octanol–water partition coefficient (Wildman–Crippen LogP) is 1.38. The van der Waals surface area contributed by atoms with Gasteiger partial charge in [-0.2, -0.15) is 0 Å². The van der Waals surface area contributed by atoms with Crippen LogP contribution in [0.1, 0.15) is 30.6 Å². The van der Waals surface area contributed by atoms with Gasteiger partial charge >= 0.3 is 0 Å². The van der Waals surface area contributed by atoms with Gasteiger partial charge in [0.25, 0.3) is 0 Å². The number of nitrogens with two attached hydrogens (primary N) is 2. The summed E-state index contributed by atoms with van der Waals surface area (Å²) in [5.74, 6) is -0.217.